The van der Waals surface area contributed by atoms with Gasteiger partial charge in [0.25, 0.3) is 0 Å². The molecule has 4 fully saturated rings. The smallest absolute Gasteiger partial charge is 0.333 e. The van der Waals surface area contributed by atoms with Crippen molar-refractivity contribution in [1.82, 2.24) is 0 Å². The molecule has 4 rings (SSSR count). The lowest BCUT2D eigenvalue weighted by atomic mass is 9.77. The fourth-order valence-electron chi connectivity index (χ4n) is 3.63. The average Bonchev–Trinajstić information content (AvgIpc) is 2.81. The van der Waals surface area contributed by atoms with Crippen LogP contribution in [0, 0.1) is 11.8 Å². The van der Waals surface area contributed by atoms with Gasteiger partial charge in [-0.2, -0.15) is 0 Å². The van der Waals surface area contributed by atoms with Crippen LogP contribution in [-0.2, 0) is 33.3 Å². The molecule has 8 heteroatoms. The van der Waals surface area contributed by atoms with Crippen LogP contribution in [0.25, 0.3) is 0 Å². The Morgan fingerprint density at radius 1 is 1.44 bits per heavy atom. The first-order valence-corrected chi connectivity index (χ1v) is 7.95. The summed E-state index contributed by atoms with van der Waals surface area (Å²) >= 11 is 0. The molecule has 0 amide bonds. The Labute approximate surface area is 144 Å². The molecule has 0 aromatic heterocycles. The highest BCUT2D eigenvalue weighted by molar-refractivity contribution is 5.92. The third-order valence-electron chi connectivity index (χ3n) is 4.83. The second-order valence-corrected chi connectivity index (χ2v) is 6.54. The number of fused-ring (bicyclic) bond motifs is 1. The third kappa shape index (κ3) is 2.90. The molecule has 1 aliphatic carbocycles. The molecule has 0 unspecified atom stereocenters. The van der Waals surface area contributed by atoms with Crippen LogP contribution in [0.1, 0.15) is 20.3 Å². The number of aliphatic hydroxyl groups excluding tert-OH is 1. The van der Waals surface area contributed by atoms with Crippen molar-refractivity contribution >= 4 is 17.7 Å². The number of carbonyl (C=O) groups excluding carboxylic acids is 3. The number of hydrogen-bond acceptors (Lipinski definition) is 8. The van der Waals surface area contributed by atoms with Crippen molar-refractivity contribution in [1.29, 1.82) is 0 Å². The number of ether oxygens (including phenoxy) is 4. The summed E-state index contributed by atoms with van der Waals surface area (Å²) < 4.78 is 21.3. The highest BCUT2D eigenvalue weighted by Crippen LogP contribution is 2.56. The van der Waals surface area contributed by atoms with Gasteiger partial charge in [-0.05, 0) is 18.1 Å². The van der Waals surface area contributed by atoms with Crippen molar-refractivity contribution in [3.8, 4) is 0 Å². The standard InChI is InChI=1S/C17H20O8/c1-8(6-22-10(3)19)4-13(21)23-16-14-11-5-12(20)17(14,7-18)25-15(24-16)9(11)2/h4,11,14-16,18H,2,5-7H2,1,3H3/b8-4-/t11-,14-,15+,16-,17-/m1/s1. The highest BCUT2D eigenvalue weighted by atomic mass is 16.8. The molecule has 3 saturated heterocycles. The van der Waals surface area contributed by atoms with E-state index in [-0.39, 0.29) is 24.7 Å². The molecule has 8 nitrogen and oxygen atoms in total. The molecule has 0 aromatic rings. The van der Waals surface area contributed by atoms with Crippen molar-refractivity contribution in [3.05, 3.63) is 23.8 Å². The molecule has 3 heterocycles. The Bertz CT molecular complexity index is 666. The molecule has 4 bridgehead atoms. The lowest BCUT2D eigenvalue weighted by Gasteiger charge is -2.51. The number of carbonyl (C=O) groups is 3. The van der Waals surface area contributed by atoms with Crippen LogP contribution < -0.4 is 0 Å². The number of Topliss-reactive ketones (excluding diaryl/α,β-unsaturated/α-hetero) is 1. The zero-order valence-electron chi connectivity index (χ0n) is 14.0. The first kappa shape index (κ1) is 17.8. The van der Waals surface area contributed by atoms with E-state index < -0.39 is 42.6 Å². The van der Waals surface area contributed by atoms with Gasteiger partial charge in [-0.1, -0.05) is 6.58 Å². The topological polar surface area (TPSA) is 108 Å². The molecule has 0 radical (unpaired) electrons. The molecule has 4 aliphatic rings. The van der Waals surface area contributed by atoms with Crippen LogP contribution in [0.5, 0.6) is 0 Å². The number of ketones is 1. The van der Waals surface area contributed by atoms with E-state index in [4.69, 9.17) is 18.9 Å². The maximum absolute atomic E-state index is 12.3. The summed E-state index contributed by atoms with van der Waals surface area (Å²) in [6.45, 7) is 6.25. The monoisotopic (exact) mass is 352 g/mol. The second-order valence-electron chi connectivity index (χ2n) is 6.54. The molecular formula is C17H20O8. The number of aliphatic hydroxyl groups is 1. The minimum atomic E-state index is -1.41. The van der Waals surface area contributed by atoms with E-state index in [1.165, 1.54) is 13.0 Å². The van der Waals surface area contributed by atoms with E-state index in [2.05, 4.69) is 6.58 Å². The summed E-state index contributed by atoms with van der Waals surface area (Å²) in [6.07, 6.45) is -0.533. The van der Waals surface area contributed by atoms with Gasteiger partial charge in [0.2, 0.25) is 6.29 Å². The van der Waals surface area contributed by atoms with Gasteiger partial charge in [0, 0.05) is 25.3 Å². The summed E-state index contributed by atoms with van der Waals surface area (Å²) in [7, 11) is 0. The Hall–Kier alpha value is -2.03. The molecule has 5 atom stereocenters. The van der Waals surface area contributed by atoms with Crippen molar-refractivity contribution in [2.75, 3.05) is 13.2 Å². The van der Waals surface area contributed by atoms with Crippen molar-refractivity contribution in [3.63, 3.8) is 0 Å². The fourth-order valence-corrected chi connectivity index (χ4v) is 3.63. The molecule has 136 valence electrons. The summed E-state index contributed by atoms with van der Waals surface area (Å²) in [5, 5.41) is 9.73. The Morgan fingerprint density at radius 2 is 2.16 bits per heavy atom. The van der Waals surface area contributed by atoms with Crippen LogP contribution in [0.4, 0.5) is 0 Å². The molecule has 3 aliphatic heterocycles. The largest absolute Gasteiger partial charge is 0.461 e. The number of hydrogen-bond donors (Lipinski definition) is 1. The summed E-state index contributed by atoms with van der Waals surface area (Å²) in [6, 6.07) is 0. The Balaban J connectivity index is 1.73. The molecular weight excluding hydrogens is 332 g/mol. The number of esters is 2. The SMILES string of the molecule is C=C1[C@H]2O[C@@H](OC(=O)/C=C(/C)COC(C)=O)[C@H]3[C@@H]1CC(=O)[C@@]3(CO)O2. The van der Waals surface area contributed by atoms with Gasteiger partial charge in [0.15, 0.2) is 17.7 Å². The quantitative estimate of drug-likeness (QED) is 0.426. The van der Waals surface area contributed by atoms with Crippen LogP contribution in [0.2, 0.25) is 0 Å². The van der Waals surface area contributed by atoms with Gasteiger partial charge < -0.3 is 24.1 Å². The Morgan fingerprint density at radius 3 is 2.80 bits per heavy atom. The van der Waals surface area contributed by atoms with Gasteiger partial charge in [-0.15, -0.1) is 0 Å². The minimum absolute atomic E-state index is 0.0242. The lowest BCUT2D eigenvalue weighted by Crippen LogP contribution is -2.64. The van der Waals surface area contributed by atoms with E-state index in [1.54, 1.807) is 6.92 Å². The van der Waals surface area contributed by atoms with Crippen molar-refractivity contribution < 1.29 is 38.4 Å². The van der Waals surface area contributed by atoms with Crippen LogP contribution in [0.15, 0.2) is 23.8 Å². The molecule has 1 N–H and O–H groups in total. The zero-order chi connectivity index (χ0) is 18.4. The van der Waals surface area contributed by atoms with Gasteiger partial charge in [0.05, 0.1) is 12.5 Å². The average molecular weight is 352 g/mol. The van der Waals surface area contributed by atoms with Crippen molar-refractivity contribution in [2.24, 2.45) is 11.8 Å². The van der Waals surface area contributed by atoms with Crippen LogP contribution in [0.3, 0.4) is 0 Å². The second kappa shape index (κ2) is 6.36. The van der Waals surface area contributed by atoms with E-state index in [0.29, 0.717) is 11.1 Å². The third-order valence-corrected chi connectivity index (χ3v) is 4.83. The minimum Gasteiger partial charge on any atom is -0.461 e. The normalized spacial score (nSPS) is 36.5. The Kier molecular flexibility index (Phi) is 4.52. The summed E-state index contributed by atoms with van der Waals surface area (Å²) in [5.74, 6) is -2.26. The molecule has 1 saturated carbocycles. The van der Waals surface area contributed by atoms with Gasteiger partial charge in [-0.25, -0.2) is 4.79 Å². The van der Waals surface area contributed by atoms with E-state index >= 15 is 0 Å². The zero-order valence-corrected chi connectivity index (χ0v) is 14.0. The van der Waals surface area contributed by atoms with Crippen LogP contribution >= 0.6 is 0 Å². The number of rotatable bonds is 5. The van der Waals surface area contributed by atoms with E-state index in [9.17, 15) is 19.5 Å². The predicted molar refractivity (Wildman–Crippen MR) is 81.8 cm³/mol. The van der Waals surface area contributed by atoms with E-state index in [0.717, 1.165) is 0 Å². The van der Waals surface area contributed by atoms with Crippen molar-refractivity contribution in [2.45, 2.75) is 38.4 Å². The van der Waals surface area contributed by atoms with Gasteiger partial charge in [-0.3, -0.25) is 9.59 Å². The maximum atomic E-state index is 12.3. The summed E-state index contributed by atoms with van der Waals surface area (Å²) in [4.78, 5) is 35.2. The van der Waals surface area contributed by atoms with Gasteiger partial charge in [0.1, 0.15) is 6.61 Å². The first-order chi connectivity index (χ1) is 11.8. The maximum Gasteiger partial charge on any atom is 0.333 e. The highest BCUT2D eigenvalue weighted by Gasteiger charge is 2.69. The lowest BCUT2D eigenvalue weighted by molar-refractivity contribution is -0.357. The molecule has 25 heavy (non-hydrogen) atoms. The fraction of sp³-hybridized carbons (Fsp3) is 0.588. The summed E-state index contributed by atoms with van der Waals surface area (Å²) in [5.41, 5.74) is -0.289. The van der Waals surface area contributed by atoms with Gasteiger partial charge >= 0.3 is 11.9 Å². The van der Waals surface area contributed by atoms with Crippen LogP contribution in [-0.4, -0.2) is 54.2 Å². The molecule has 0 aromatic carbocycles. The molecule has 0 spiro atoms. The predicted octanol–water partition coefficient (Wildman–Crippen LogP) is 0.244. The first-order valence-electron chi connectivity index (χ1n) is 7.95. The van der Waals surface area contributed by atoms with E-state index in [1.807, 2.05) is 0 Å².